The number of imidazole rings is 1. The molecule has 2 unspecified atom stereocenters. The second-order valence-electron chi connectivity index (χ2n) is 8.20. The van der Waals surface area contributed by atoms with Crippen molar-refractivity contribution in [2.45, 2.75) is 71.6 Å². The number of benzene rings is 1. The predicted octanol–water partition coefficient (Wildman–Crippen LogP) is 5.31. The Morgan fingerprint density at radius 1 is 1.24 bits per heavy atom. The van der Waals surface area contributed by atoms with E-state index in [2.05, 4.69) is 55.8 Å². The molecule has 2 atom stereocenters. The Balaban J connectivity index is 1.69. The third-order valence-electron chi connectivity index (χ3n) is 6.42. The van der Waals surface area contributed by atoms with Gasteiger partial charge in [-0.05, 0) is 55.0 Å². The summed E-state index contributed by atoms with van der Waals surface area (Å²) < 4.78 is 0. The van der Waals surface area contributed by atoms with Crippen LogP contribution in [0.1, 0.15) is 71.2 Å². The Hall–Kier alpha value is -1.35. The molecule has 3 heteroatoms. The van der Waals surface area contributed by atoms with Gasteiger partial charge in [-0.15, -0.1) is 0 Å². The van der Waals surface area contributed by atoms with Crippen molar-refractivity contribution in [2.75, 3.05) is 19.6 Å². The summed E-state index contributed by atoms with van der Waals surface area (Å²) >= 11 is 0. The van der Waals surface area contributed by atoms with E-state index >= 15 is 0 Å². The van der Waals surface area contributed by atoms with E-state index < -0.39 is 0 Å². The smallest absolute Gasteiger partial charge is 0.106 e. The van der Waals surface area contributed by atoms with Gasteiger partial charge in [-0.2, -0.15) is 0 Å². The molecule has 0 bridgehead atoms. The van der Waals surface area contributed by atoms with E-state index in [1.165, 1.54) is 62.8 Å². The minimum absolute atomic E-state index is 0.263. The summed E-state index contributed by atoms with van der Waals surface area (Å²) in [5.41, 5.74) is 4.03. The van der Waals surface area contributed by atoms with E-state index in [1.807, 2.05) is 0 Å². The summed E-state index contributed by atoms with van der Waals surface area (Å²) in [5, 5.41) is 0. The normalized spacial score (nSPS) is 24.9. The highest BCUT2D eigenvalue weighted by Gasteiger charge is 2.37. The topological polar surface area (TPSA) is 31.9 Å². The first-order chi connectivity index (χ1) is 12.1. The quantitative estimate of drug-likeness (QED) is 0.693. The van der Waals surface area contributed by atoms with E-state index in [9.17, 15) is 0 Å². The zero-order chi connectivity index (χ0) is 17.9. The van der Waals surface area contributed by atoms with E-state index in [-0.39, 0.29) is 5.41 Å². The molecule has 0 amide bonds. The number of likely N-dealkylation sites (tertiary alicyclic amines) is 1. The maximum atomic E-state index is 4.75. The predicted molar refractivity (Wildman–Crippen MR) is 107 cm³/mol. The zero-order valence-electron chi connectivity index (χ0n) is 16.6. The van der Waals surface area contributed by atoms with Gasteiger partial charge in [0.15, 0.2) is 0 Å². The molecule has 0 saturated carbocycles. The maximum Gasteiger partial charge on any atom is 0.106 e. The Morgan fingerprint density at radius 3 is 2.80 bits per heavy atom. The number of aryl methyl sites for hydroxylation is 1. The van der Waals surface area contributed by atoms with Crippen LogP contribution in [0.25, 0.3) is 11.0 Å². The van der Waals surface area contributed by atoms with Crippen LogP contribution in [0.3, 0.4) is 0 Å². The molecule has 1 aliphatic rings. The molecule has 3 nitrogen and oxygen atoms in total. The van der Waals surface area contributed by atoms with Gasteiger partial charge >= 0.3 is 0 Å². The molecule has 1 aromatic heterocycles. The number of nitrogens with one attached hydrogen (secondary N) is 1. The molecule has 0 spiro atoms. The van der Waals surface area contributed by atoms with Crippen molar-refractivity contribution in [3.8, 4) is 0 Å². The number of unbranched alkanes of at least 4 members (excludes halogenated alkanes) is 3. The molecule has 0 aliphatic carbocycles. The Labute approximate surface area is 153 Å². The van der Waals surface area contributed by atoms with Crippen molar-refractivity contribution in [1.29, 1.82) is 0 Å². The van der Waals surface area contributed by atoms with Gasteiger partial charge < -0.3 is 9.88 Å². The van der Waals surface area contributed by atoms with Crippen LogP contribution in [0.5, 0.6) is 0 Å². The zero-order valence-corrected chi connectivity index (χ0v) is 16.6. The fourth-order valence-electron chi connectivity index (χ4n) is 4.29. The number of H-pyrrole nitrogens is 1. The summed E-state index contributed by atoms with van der Waals surface area (Å²) in [5.74, 6) is 1.77. The van der Waals surface area contributed by atoms with Gasteiger partial charge in [0, 0.05) is 13.0 Å². The molecule has 138 valence electrons. The third-order valence-corrected chi connectivity index (χ3v) is 6.42. The van der Waals surface area contributed by atoms with E-state index in [4.69, 9.17) is 4.98 Å². The van der Waals surface area contributed by atoms with Gasteiger partial charge in [0.25, 0.3) is 0 Å². The minimum Gasteiger partial charge on any atom is -0.342 e. The highest BCUT2D eigenvalue weighted by Crippen LogP contribution is 2.40. The van der Waals surface area contributed by atoms with Gasteiger partial charge in [0.2, 0.25) is 0 Å². The lowest BCUT2D eigenvalue weighted by Crippen LogP contribution is -2.47. The fourth-order valence-corrected chi connectivity index (χ4v) is 4.29. The molecule has 1 aliphatic heterocycles. The number of nitrogens with zero attached hydrogens (tertiary/aromatic N) is 2. The number of hydrogen-bond donors (Lipinski definition) is 1. The Kier molecular flexibility index (Phi) is 5.83. The average molecular weight is 342 g/mol. The standard InChI is InChI=1S/C22H35N3/c1-5-7-8-9-13-25-14-12-22(4,17(3)16-25)18-10-11-19-20(15-18)24-21(6-2)23-19/h10-11,15,17H,5-9,12-14,16H2,1-4H3,(H,23,24). The van der Waals surface area contributed by atoms with Gasteiger partial charge in [-0.1, -0.05) is 53.0 Å². The van der Waals surface area contributed by atoms with Crippen LogP contribution in [0.15, 0.2) is 18.2 Å². The Bertz CT molecular complexity index is 690. The summed E-state index contributed by atoms with van der Waals surface area (Å²) in [6, 6.07) is 6.89. The van der Waals surface area contributed by atoms with Crippen LogP contribution in [-0.2, 0) is 11.8 Å². The molecule has 1 fully saturated rings. The molecule has 2 heterocycles. The van der Waals surface area contributed by atoms with Gasteiger partial charge in [0.05, 0.1) is 11.0 Å². The van der Waals surface area contributed by atoms with Crippen molar-refractivity contribution in [3.63, 3.8) is 0 Å². The molecule has 1 N–H and O–H groups in total. The highest BCUT2D eigenvalue weighted by atomic mass is 15.1. The number of piperidine rings is 1. The third kappa shape index (κ3) is 3.92. The molecule has 25 heavy (non-hydrogen) atoms. The largest absolute Gasteiger partial charge is 0.342 e. The SMILES string of the molecule is CCCCCCN1CCC(C)(c2ccc3[nH]c(CC)nc3c2)C(C)C1. The van der Waals surface area contributed by atoms with Crippen LogP contribution in [0.4, 0.5) is 0 Å². The molecular formula is C22H35N3. The van der Waals surface area contributed by atoms with Crippen LogP contribution in [0.2, 0.25) is 0 Å². The van der Waals surface area contributed by atoms with E-state index in [0.717, 1.165) is 17.8 Å². The second kappa shape index (κ2) is 7.90. The molecule has 0 radical (unpaired) electrons. The lowest BCUT2D eigenvalue weighted by atomic mass is 9.68. The first kappa shape index (κ1) is 18.4. The summed E-state index contributed by atoms with van der Waals surface area (Å²) in [6.07, 6.45) is 7.65. The van der Waals surface area contributed by atoms with Crippen molar-refractivity contribution in [1.82, 2.24) is 14.9 Å². The summed E-state index contributed by atoms with van der Waals surface area (Å²) in [6.45, 7) is 13.1. The van der Waals surface area contributed by atoms with Crippen LogP contribution in [-0.4, -0.2) is 34.5 Å². The molecule has 3 rings (SSSR count). The minimum atomic E-state index is 0.263. The van der Waals surface area contributed by atoms with Crippen LogP contribution in [0, 0.1) is 5.92 Å². The van der Waals surface area contributed by atoms with Crippen molar-refractivity contribution in [3.05, 3.63) is 29.6 Å². The maximum absolute atomic E-state index is 4.75. The molecule has 1 saturated heterocycles. The van der Waals surface area contributed by atoms with Gasteiger partial charge in [-0.25, -0.2) is 4.98 Å². The van der Waals surface area contributed by atoms with E-state index in [1.54, 1.807) is 0 Å². The van der Waals surface area contributed by atoms with Crippen LogP contribution < -0.4 is 0 Å². The molecule has 1 aromatic carbocycles. The number of aromatic nitrogens is 2. The van der Waals surface area contributed by atoms with Gasteiger partial charge in [0.1, 0.15) is 5.82 Å². The summed E-state index contributed by atoms with van der Waals surface area (Å²) in [4.78, 5) is 10.9. The first-order valence-corrected chi connectivity index (χ1v) is 10.3. The number of hydrogen-bond acceptors (Lipinski definition) is 2. The second-order valence-corrected chi connectivity index (χ2v) is 8.20. The van der Waals surface area contributed by atoms with Crippen molar-refractivity contribution in [2.24, 2.45) is 5.92 Å². The summed E-state index contributed by atoms with van der Waals surface area (Å²) in [7, 11) is 0. The fraction of sp³-hybridized carbons (Fsp3) is 0.682. The van der Waals surface area contributed by atoms with Crippen molar-refractivity contribution < 1.29 is 0 Å². The number of fused-ring (bicyclic) bond motifs is 1. The molecular weight excluding hydrogens is 306 g/mol. The Morgan fingerprint density at radius 2 is 2.08 bits per heavy atom. The average Bonchev–Trinajstić information content (AvgIpc) is 3.04. The number of aromatic amines is 1. The van der Waals surface area contributed by atoms with Gasteiger partial charge in [-0.3, -0.25) is 0 Å². The number of rotatable bonds is 7. The van der Waals surface area contributed by atoms with E-state index in [0.29, 0.717) is 5.92 Å². The van der Waals surface area contributed by atoms with Crippen molar-refractivity contribution >= 4 is 11.0 Å². The lowest BCUT2D eigenvalue weighted by Gasteiger charge is -2.45. The highest BCUT2D eigenvalue weighted by molar-refractivity contribution is 5.76. The molecule has 2 aromatic rings. The van der Waals surface area contributed by atoms with Crippen LogP contribution >= 0.6 is 0 Å². The lowest BCUT2D eigenvalue weighted by molar-refractivity contribution is 0.109. The monoisotopic (exact) mass is 341 g/mol. The first-order valence-electron chi connectivity index (χ1n) is 10.3.